The lowest BCUT2D eigenvalue weighted by Gasteiger charge is -2.34. The summed E-state index contributed by atoms with van der Waals surface area (Å²) in [6, 6.07) is 38.1. The van der Waals surface area contributed by atoms with Crippen LogP contribution in [0.25, 0.3) is 41.8 Å². The maximum atomic E-state index is 8.75. The standard InChI is InChI=1S/C32H28N6S/c1-39(2)31(27-17-13-23(14-18-27)21-35-37-33)29(25-9-5-3-6-10-25)30(26-11-7-4-8-12-26)32(39)28-19-15-24(16-20-28)22-36-38-34/h3-20H,21-22H2,1-2H3. The van der Waals surface area contributed by atoms with Crippen molar-refractivity contribution >= 4 is 31.0 Å². The van der Waals surface area contributed by atoms with E-state index in [9.17, 15) is 0 Å². The highest BCUT2D eigenvalue weighted by Crippen LogP contribution is 2.74. The Bertz CT molecular complexity index is 1520. The molecule has 1 aliphatic rings. The van der Waals surface area contributed by atoms with Gasteiger partial charge in [-0.05, 0) is 57.0 Å². The molecule has 0 amide bonds. The molecule has 1 aliphatic heterocycles. The van der Waals surface area contributed by atoms with Gasteiger partial charge in [0.05, 0.1) is 13.1 Å². The largest absolute Gasteiger partial charge is 0.191 e. The summed E-state index contributed by atoms with van der Waals surface area (Å²) in [7, 11) is -1.49. The van der Waals surface area contributed by atoms with Crippen LogP contribution in [0.15, 0.2) is 119 Å². The number of hydrogen-bond acceptors (Lipinski definition) is 2. The molecule has 0 aromatic heterocycles. The first kappa shape index (κ1) is 26.0. The molecule has 192 valence electrons. The van der Waals surface area contributed by atoms with Gasteiger partial charge < -0.3 is 0 Å². The molecule has 0 fully saturated rings. The fourth-order valence-electron chi connectivity index (χ4n) is 5.23. The van der Waals surface area contributed by atoms with Crippen molar-refractivity contribution in [2.24, 2.45) is 10.2 Å². The van der Waals surface area contributed by atoms with E-state index in [1.807, 2.05) is 0 Å². The van der Waals surface area contributed by atoms with Gasteiger partial charge in [-0.3, -0.25) is 0 Å². The molecule has 5 rings (SSSR count). The molecule has 0 aliphatic carbocycles. The van der Waals surface area contributed by atoms with Gasteiger partial charge in [0, 0.05) is 30.8 Å². The van der Waals surface area contributed by atoms with Crippen molar-refractivity contribution < 1.29 is 0 Å². The summed E-state index contributed by atoms with van der Waals surface area (Å²) in [5, 5.41) is 7.46. The first-order valence-electron chi connectivity index (χ1n) is 12.6. The van der Waals surface area contributed by atoms with Crippen LogP contribution in [-0.4, -0.2) is 12.5 Å². The predicted molar refractivity (Wildman–Crippen MR) is 165 cm³/mol. The molecule has 4 aromatic carbocycles. The normalized spacial score (nSPS) is 14.9. The van der Waals surface area contributed by atoms with Crippen molar-refractivity contribution in [2.45, 2.75) is 13.1 Å². The highest BCUT2D eigenvalue weighted by atomic mass is 32.3. The monoisotopic (exact) mass is 528 g/mol. The summed E-state index contributed by atoms with van der Waals surface area (Å²) in [5.41, 5.74) is 26.7. The Balaban J connectivity index is 1.78. The molecule has 7 heteroatoms. The van der Waals surface area contributed by atoms with Crippen LogP contribution in [0, 0.1) is 0 Å². The second-order valence-corrected chi connectivity index (χ2v) is 13.1. The van der Waals surface area contributed by atoms with Crippen LogP contribution in [0.5, 0.6) is 0 Å². The molecule has 4 aromatic rings. The van der Waals surface area contributed by atoms with E-state index in [4.69, 9.17) is 11.1 Å². The van der Waals surface area contributed by atoms with Crippen LogP contribution < -0.4 is 0 Å². The topological polar surface area (TPSA) is 97.5 Å². The van der Waals surface area contributed by atoms with E-state index in [0.29, 0.717) is 13.1 Å². The quantitative estimate of drug-likeness (QED) is 0.123. The molecule has 0 saturated heterocycles. The van der Waals surface area contributed by atoms with Gasteiger partial charge in [-0.25, -0.2) is 0 Å². The molecule has 6 nitrogen and oxygen atoms in total. The Hall–Kier alpha value is -4.67. The minimum Gasteiger partial charge on any atom is -0.191 e. The molecule has 0 unspecified atom stereocenters. The van der Waals surface area contributed by atoms with Crippen LogP contribution in [0.4, 0.5) is 0 Å². The van der Waals surface area contributed by atoms with Crippen molar-refractivity contribution in [1.29, 1.82) is 0 Å². The maximum Gasteiger partial charge on any atom is 0.0510 e. The van der Waals surface area contributed by atoms with Crippen molar-refractivity contribution in [3.8, 4) is 0 Å². The summed E-state index contributed by atoms with van der Waals surface area (Å²) in [5.74, 6) is 0. The van der Waals surface area contributed by atoms with Crippen molar-refractivity contribution in [3.05, 3.63) is 163 Å². The third-order valence-electron chi connectivity index (χ3n) is 6.91. The van der Waals surface area contributed by atoms with Crippen molar-refractivity contribution in [3.63, 3.8) is 0 Å². The number of allylic oxidation sites excluding steroid dienone is 2. The number of nitrogens with zero attached hydrogens (tertiary/aromatic N) is 6. The van der Waals surface area contributed by atoms with Crippen molar-refractivity contribution in [2.75, 3.05) is 12.5 Å². The van der Waals surface area contributed by atoms with Crippen LogP contribution in [0.1, 0.15) is 33.4 Å². The smallest absolute Gasteiger partial charge is 0.0510 e. The van der Waals surface area contributed by atoms with E-state index >= 15 is 0 Å². The summed E-state index contributed by atoms with van der Waals surface area (Å²) in [4.78, 5) is 8.47. The Labute approximate surface area is 229 Å². The Morgan fingerprint density at radius 2 is 0.872 bits per heavy atom. The van der Waals surface area contributed by atoms with E-state index in [2.05, 4.69) is 142 Å². The number of benzene rings is 4. The Morgan fingerprint density at radius 1 is 0.513 bits per heavy atom. The van der Waals surface area contributed by atoms with Gasteiger partial charge >= 0.3 is 0 Å². The minimum atomic E-state index is -1.49. The number of hydrogen-bond donors (Lipinski definition) is 0. The maximum absolute atomic E-state index is 8.75. The second-order valence-electron chi connectivity index (χ2n) is 9.64. The fourth-order valence-corrected chi connectivity index (χ4v) is 8.34. The molecule has 0 radical (unpaired) electrons. The molecule has 0 N–H and O–H groups in total. The summed E-state index contributed by atoms with van der Waals surface area (Å²) < 4.78 is 0. The molecular weight excluding hydrogens is 500 g/mol. The molecule has 1 heterocycles. The zero-order valence-corrected chi connectivity index (χ0v) is 22.7. The number of azide groups is 2. The van der Waals surface area contributed by atoms with E-state index in [1.54, 1.807) is 0 Å². The van der Waals surface area contributed by atoms with Crippen LogP contribution >= 0.6 is 10.0 Å². The summed E-state index contributed by atoms with van der Waals surface area (Å²) >= 11 is 0. The first-order chi connectivity index (χ1) is 19.0. The van der Waals surface area contributed by atoms with E-state index < -0.39 is 10.0 Å². The molecule has 39 heavy (non-hydrogen) atoms. The van der Waals surface area contributed by atoms with Crippen LogP contribution in [0.2, 0.25) is 0 Å². The second kappa shape index (κ2) is 11.4. The number of rotatable bonds is 8. The highest BCUT2D eigenvalue weighted by molar-refractivity contribution is 8.47. The third-order valence-corrected chi connectivity index (χ3v) is 9.84. The summed E-state index contributed by atoms with van der Waals surface area (Å²) in [6.45, 7) is 0.664. The van der Waals surface area contributed by atoms with E-state index in [0.717, 1.165) is 11.1 Å². The molecular formula is C32H28N6S. The molecule has 0 saturated carbocycles. The first-order valence-corrected chi connectivity index (χ1v) is 15.0. The zero-order valence-electron chi connectivity index (χ0n) is 21.9. The van der Waals surface area contributed by atoms with Gasteiger partial charge in [0.25, 0.3) is 0 Å². The van der Waals surface area contributed by atoms with Gasteiger partial charge in [0.2, 0.25) is 0 Å². The predicted octanol–water partition coefficient (Wildman–Crippen LogP) is 9.82. The van der Waals surface area contributed by atoms with Gasteiger partial charge in [-0.1, -0.05) is 119 Å². The Kier molecular flexibility index (Phi) is 7.57. The van der Waals surface area contributed by atoms with Gasteiger partial charge in [0.15, 0.2) is 0 Å². The lowest BCUT2D eigenvalue weighted by molar-refractivity contribution is 1.05. The summed E-state index contributed by atoms with van der Waals surface area (Å²) in [6.07, 6.45) is 4.75. The lowest BCUT2D eigenvalue weighted by atomic mass is 9.89. The van der Waals surface area contributed by atoms with Gasteiger partial charge in [-0.15, -0.1) is 0 Å². The molecule has 0 bridgehead atoms. The average Bonchev–Trinajstić information content (AvgIpc) is 3.23. The molecule has 0 spiro atoms. The van der Waals surface area contributed by atoms with Crippen LogP contribution in [-0.2, 0) is 13.1 Å². The third kappa shape index (κ3) is 5.20. The SMILES string of the molecule is CS1(C)C(c2ccc(CN=[N+]=[N-])cc2)=C(c2ccccc2)C(c2ccccc2)=C1c1ccc(CN=[N+]=[N-])cc1. The highest BCUT2D eigenvalue weighted by Gasteiger charge is 2.39. The van der Waals surface area contributed by atoms with E-state index in [-0.39, 0.29) is 0 Å². The molecule has 0 atom stereocenters. The van der Waals surface area contributed by atoms with Gasteiger partial charge in [-0.2, -0.15) is 10.0 Å². The minimum absolute atomic E-state index is 0.332. The fraction of sp³-hybridized carbons (Fsp3) is 0.125. The zero-order chi connectivity index (χ0) is 27.2. The van der Waals surface area contributed by atoms with E-state index in [1.165, 1.54) is 43.2 Å². The Morgan fingerprint density at radius 3 is 1.21 bits per heavy atom. The van der Waals surface area contributed by atoms with Crippen LogP contribution in [0.3, 0.4) is 0 Å². The van der Waals surface area contributed by atoms with Crippen molar-refractivity contribution in [1.82, 2.24) is 0 Å². The lowest BCUT2D eigenvalue weighted by Crippen LogP contribution is -2.00. The van der Waals surface area contributed by atoms with Gasteiger partial charge in [0.1, 0.15) is 0 Å². The average molecular weight is 529 g/mol.